The molecule has 1 aromatic rings. The van der Waals surface area contributed by atoms with Crippen molar-refractivity contribution < 1.29 is 9.90 Å². The lowest BCUT2D eigenvalue weighted by atomic mass is 10.1. The Morgan fingerprint density at radius 2 is 2.10 bits per heavy atom. The van der Waals surface area contributed by atoms with E-state index in [0.717, 1.165) is 19.0 Å². The first-order valence-corrected chi connectivity index (χ1v) is 8.44. The smallest absolute Gasteiger partial charge is 0.345 e. The quantitative estimate of drug-likeness (QED) is 0.818. The van der Waals surface area contributed by atoms with Gasteiger partial charge in [0.05, 0.1) is 0 Å². The maximum atomic E-state index is 11.0. The van der Waals surface area contributed by atoms with Crippen molar-refractivity contribution in [1.82, 2.24) is 4.90 Å². The third-order valence-electron chi connectivity index (χ3n) is 4.07. The molecule has 0 unspecified atom stereocenters. The minimum atomic E-state index is -0.809. The fourth-order valence-corrected chi connectivity index (χ4v) is 3.73. The van der Waals surface area contributed by atoms with Crippen LogP contribution in [-0.2, 0) is 6.54 Å². The number of aromatic carboxylic acids is 1. The summed E-state index contributed by atoms with van der Waals surface area (Å²) < 4.78 is 0. The minimum Gasteiger partial charge on any atom is -0.477 e. The van der Waals surface area contributed by atoms with Crippen LogP contribution in [-0.4, -0.2) is 28.6 Å². The summed E-state index contributed by atoms with van der Waals surface area (Å²) in [6.07, 6.45) is 6.50. The van der Waals surface area contributed by atoms with Crippen LogP contribution in [0.4, 0.5) is 0 Å². The van der Waals surface area contributed by atoms with E-state index in [-0.39, 0.29) is 0 Å². The summed E-state index contributed by atoms with van der Waals surface area (Å²) >= 11 is 1.42. The van der Waals surface area contributed by atoms with Crippen molar-refractivity contribution >= 4 is 17.3 Å². The van der Waals surface area contributed by atoms with Gasteiger partial charge in [0.2, 0.25) is 0 Å². The van der Waals surface area contributed by atoms with E-state index in [9.17, 15) is 4.79 Å². The second-order valence-electron chi connectivity index (χ2n) is 6.16. The topological polar surface area (TPSA) is 40.5 Å². The van der Waals surface area contributed by atoms with Crippen LogP contribution in [0.25, 0.3) is 0 Å². The number of rotatable bonds is 7. The maximum Gasteiger partial charge on any atom is 0.345 e. The first-order chi connectivity index (χ1) is 9.56. The average molecular weight is 295 g/mol. The highest BCUT2D eigenvalue weighted by Gasteiger charge is 2.23. The van der Waals surface area contributed by atoms with Crippen molar-refractivity contribution in [3.63, 3.8) is 0 Å². The Morgan fingerprint density at radius 3 is 2.65 bits per heavy atom. The monoisotopic (exact) mass is 295 g/mol. The van der Waals surface area contributed by atoms with Crippen LogP contribution in [0.3, 0.4) is 0 Å². The third kappa shape index (κ3) is 4.32. The second-order valence-corrected chi connectivity index (χ2v) is 7.33. The standard InChI is InChI=1S/C16H25NO2S/c1-12(2)9-10-17(13-5-3-4-6-13)11-14-7-8-15(20-14)16(18)19/h7-8,12-13H,3-6,9-11H2,1-2H3,(H,18,19). The first kappa shape index (κ1) is 15.5. The maximum absolute atomic E-state index is 11.0. The third-order valence-corrected chi connectivity index (χ3v) is 5.12. The van der Waals surface area contributed by atoms with E-state index in [2.05, 4.69) is 18.7 Å². The van der Waals surface area contributed by atoms with Gasteiger partial charge in [-0.1, -0.05) is 26.7 Å². The zero-order valence-electron chi connectivity index (χ0n) is 12.5. The molecule has 112 valence electrons. The number of carboxylic acid groups (broad SMARTS) is 1. The van der Waals surface area contributed by atoms with E-state index in [4.69, 9.17) is 5.11 Å². The summed E-state index contributed by atoms with van der Waals surface area (Å²) in [5, 5.41) is 9.02. The number of hydrogen-bond donors (Lipinski definition) is 1. The Bertz CT molecular complexity index is 435. The fourth-order valence-electron chi connectivity index (χ4n) is 2.86. The molecule has 1 aliphatic carbocycles. The molecule has 0 spiro atoms. The van der Waals surface area contributed by atoms with Crippen molar-refractivity contribution in [3.05, 3.63) is 21.9 Å². The highest BCUT2D eigenvalue weighted by Crippen LogP contribution is 2.27. The van der Waals surface area contributed by atoms with Gasteiger partial charge in [-0.05, 0) is 43.9 Å². The van der Waals surface area contributed by atoms with Gasteiger partial charge in [-0.3, -0.25) is 4.90 Å². The van der Waals surface area contributed by atoms with E-state index >= 15 is 0 Å². The van der Waals surface area contributed by atoms with Gasteiger partial charge in [0.15, 0.2) is 0 Å². The van der Waals surface area contributed by atoms with Crippen molar-refractivity contribution in [3.8, 4) is 0 Å². The lowest BCUT2D eigenvalue weighted by Gasteiger charge is -2.29. The molecule has 0 atom stereocenters. The van der Waals surface area contributed by atoms with Crippen LogP contribution >= 0.6 is 11.3 Å². The van der Waals surface area contributed by atoms with Crippen LogP contribution in [0.5, 0.6) is 0 Å². The van der Waals surface area contributed by atoms with Crippen LogP contribution < -0.4 is 0 Å². The number of nitrogens with zero attached hydrogens (tertiary/aromatic N) is 1. The van der Waals surface area contributed by atoms with Gasteiger partial charge in [-0.25, -0.2) is 4.79 Å². The fraction of sp³-hybridized carbons (Fsp3) is 0.688. The predicted molar refractivity (Wildman–Crippen MR) is 83.4 cm³/mol. The molecule has 0 aliphatic heterocycles. The largest absolute Gasteiger partial charge is 0.477 e. The van der Waals surface area contributed by atoms with E-state index in [1.807, 2.05) is 6.07 Å². The van der Waals surface area contributed by atoms with Gasteiger partial charge < -0.3 is 5.11 Å². The molecule has 1 aliphatic rings. The van der Waals surface area contributed by atoms with Crippen molar-refractivity contribution in [2.24, 2.45) is 5.92 Å². The Hall–Kier alpha value is -0.870. The molecule has 1 fully saturated rings. The molecule has 1 N–H and O–H groups in total. The minimum absolute atomic E-state index is 0.454. The van der Waals surface area contributed by atoms with Crippen LogP contribution in [0.1, 0.15) is 60.5 Å². The SMILES string of the molecule is CC(C)CCN(Cc1ccc(C(=O)O)s1)C1CCCC1. The zero-order chi connectivity index (χ0) is 14.5. The molecule has 0 bridgehead atoms. The number of carbonyl (C=O) groups is 1. The molecule has 20 heavy (non-hydrogen) atoms. The number of thiophene rings is 1. The zero-order valence-corrected chi connectivity index (χ0v) is 13.3. The molecule has 4 heteroatoms. The normalized spacial score (nSPS) is 16.4. The van der Waals surface area contributed by atoms with Crippen molar-refractivity contribution in [2.75, 3.05) is 6.54 Å². The van der Waals surface area contributed by atoms with Gasteiger partial charge in [0.25, 0.3) is 0 Å². The van der Waals surface area contributed by atoms with Gasteiger partial charge in [0, 0.05) is 17.5 Å². The molecule has 1 aromatic heterocycles. The summed E-state index contributed by atoms with van der Waals surface area (Å²) in [6, 6.07) is 4.41. The Morgan fingerprint density at radius 1 is 1.40 bits per heavy atom. The summed E-state index contributed by atoms with van der Waals surface area (Å²) in [5.74, 6) is -0.0901. The number of carboxylic acids is 1. The Kier molecular flexibility index (Phi) is 5.61. The summed E-state index contributed by atoms with van der Waals surface area (Å²) in [7, 11) is 0. The van der Waals surface area contributed by atoms with E-state index in [1.165, 1.54) is 48.3 Å². The van der Waals surface area contributed by atoms with E-state index < -0.39 is 5.97 Å². The molecular formula is C16H25NO2S. The molecule has 0 amide bonds. The Labute approximate surface area is 125 Å². The molecule has 3 nitrogen and oxygen atoms in total. The van der Waals surface area contributed by atoms with E-state index in [0.29, 0.717) is 10.9 Å². The van der Waals surface area contributed by atoms with E-state index in [1.54, 1.807) is 6.07 Å². The molecule has 1 heterocycles. The summed E-state index contributed by atoms with van der Waals surface area (Å²) in [4.78, 5) is 15.2. The van der Waals surface area contributed by atoms with Crippen LogP contribution in [0, 0.1) is 5.92 Å². The number of hydrogen-bond acceptors (Lipinski definition) is 3. The molecule has 1 saturated carbocycles. The lowest BCUT2D eigenvalue weighted by molar-refractivity contribution is 0.0702. The van der Waals surface area contributed by atoms with Crippen molar-refractivity contribution in [1.29, 1.82) is 0 Å². The van der Waals surface area contributed by atoms with Crippen molar-refractivity contribution in [2.45, 2.75) is 58.5 Å². The summed E-state index contributed by atoms with van der Waals surface area (Å²) in [5.41, 5.74) is 0. The van der Waals surface area contributed by atoms with Gasteiger partial charge in [-0.2, -0.15) is 0 Å². The molecule has 2 rings (SSSR count). The van der Waals surface area contributed by atoms with Crippen LogP contribution in [0.15, 0.2) is 12.1 Å². The Balaban J connectivity index is 1.99. The average Bonchev–Trinajstić information content (AvgIpc) is 3.05. The summed E-state index contributed by atoms with van der Waals surface area (Å²) in [6.45, 7) is 6.57. The van der Waals surface area contributed by atoms with Gasteiger partial charge in [-0.15, -0.1) is 11.3 Å². The molecule has 0 aromatic carbocycles. The highest BCUT2D eigenvalue weighted by molar-refractivity contribution is 7.13. The van der Waals surface area contributed by atoms with Gasteiger partial charge >= 0.3 is 5.97 Å². The predicted octanol–water partition coefficient (Wildman–Crippen LogP) is 4.24. The molecule has 0 saturated heterocycles. The highest BCUT2D eigenvalue weighted by atomic mass is 32.1. The molecular weight excluding hydrogens is 270 g/mol. The lowest BCUT2D eigenvalue weighted by Crippen LogP contribution is -2.33. The first-order valence-electron chi connectivity index (χ1n) is 7.62. The van der Waals surface area contributed by atoms with Gasteiger partial charge in [0.1, 0.15) is 4.88 Å². The molecule has 0 radical (unpaired) electrons. The second kappa shape index (κ2) is 7.23. The van der Waals surface area contributed by atoms with Crippen LogP contribution in [0.2, 0.25) is 0 Å².